The van der Waals surface area contributed by atoms with Crippen molar-refractivity contribution in [1.82, 2.24) is 26.6 Å². The van der Waals surface area contributed by atoms with E-state index in [4.69, 9.17) is 0 Å². The molecule has 1 saturated heterocycles. The van der Waals surface area contributed by atoms with Crippen LogP contribution < -0.4 is 26.6 Å². The molecule has 146 valence electrons. The average molecular weight is 354 g/mol. The monoisotopic (exact) mass is 353 g/mol. The third-order valence-electron chi connectivity index (χ3n) is 6.28. The first kappa shape index (κ1) is 19.5. The van der Waals surface area contributed by atoms with E-state index < -0.39 is 0 Å². The highest BCUT2D eigenvalue weighted by Gasteiger charge is 2.26. The van der Waals surface area contributed by atoms with Gasteiger partial charge < -0.3 is 31.7 Å². The zero-order valence-electron chi connectivity index (χ0n) is 15.7. The van der Waals surface area contributed by atoms with Crippen molar-refractivity contribution >= 4 is 0 Å². The van der Waals surface area contributed by atoms with Crippen molar-refractivity contribution in [2.24, 2.45) is 0 Å². The molecule has 0 unspecified atom stereocenters. The van der Waals surface area contributed by atoms with Crippen molar-refractivity contribution in [1.29, 1.82) is 0 Å². The van der Waals surface area contributed by atoms with Gasteiger partial charge in [0.2, 0.25) is 0 Å². The molecule has 0 radical (unpaired) electrons. The summed E-state index contributed by atoms with van der Waals surface area (Å²) in [6.45, 7) is 5.05. The van der Waals surface area contributed by atoms with Crippen molar-refractivity contribution in [2.75, 3.05) is 39.3 Å². The van der Waals surface area contributed by atoms with E-state index in [1.54, 1.807) is 0 Å². The summed E-state index contributed by atoms with van der Waals surface area (Å²) in [7, 11) is 0. The van der Waals surface area contributed by atoms with Gasteiger partial charge >= 0.3 is 0 Å². The van der Waals surface area contributed by atoms with Gasteiger partial charge in [0.05, 0.1) is 6.61 Å². The Morgan fingerprint density at radius 1 is 0.560 bits per heavy atom. The molecule has 2 saturated carbocycles. The number of aliphatic hydroxyl groups excluding tert-OH is 1. The normalized spacial score (nSPS) is 39.5. The van der Waals surface area contributed by atoms with Gasteiger partial charge in [-0.15, -0.1) is 0 Å². The summed E-state index contributed by atoms with van der Waals surface area (Å²) in [6, 6.07) is 2.45. The minimum atomic E-state index is 0.148. The molecule has 0 bridgehead atoms. The topological polar surface area (TPSA) is 80.4 Å². The zero-order chi connectivity index (χ0) is 17.3. The maximum atomic E-state index is 9.68. The largest absolute Gasteiger partial charge is 0.395 e. The Hall–Kier alpha value is -0.240. The van der Waals surface area contributed by atoms with E-state index in [1.807, 2.05) is 0 Å². The van der Waals surface area contributed by atoms with Crippen LogP contribution in [0.4, 0.5) is 0 Å². The van der Waals surface area contributed by atoms with Gasteiger partial charge in [-0.1, -0.05) is 25.7 Å². The second kappa shape index (κ2) is 10.8. The van der Waals surface area contributed by atoms with Crippen molar-refractivity contribution in [3.63, 3.8) is 0 Å². The lowest BCUT2D eigenvalue weighted by molar-refractivity contribution is 0.221. The van der Waals surface area contributed by atoms with Crippen LogP contribution in [-0.2, 0) is 0 Å². The van der Waals surface area contributed by atoms with Crippen LogP contribution in [0, 0.1) is 0 Å². The quantitative estimate of drug-likeness (QED) is 0.396. The molecule has 5 atom stereocenters. The molecular formula is C19H39N5O. The molecule has 6 N–H and O–H groups in total. The van der Waals surface area contributed by atoms with E-state index in [1.165, 1.54) is 51.4 Å². The maximum Gasteiger partial charge on any atom is 0.0597 e. The second-order valence-electron chi connectivity index (χ2n) is 8.10. The number of nitrogens with one attached hydrogen (secondary N) is 5. The van der Waals surface area contributed by atoms with Crippen LogP contribution in [0.5, 0.6) is 0 Å². The first-order valence-electron chi connectivity index (χ1n) is 10.6. The highest BCUT2D eigenvalue weighted by Crippen LogP contribution is 2.20. The van der Waals surface area contributed by atoms with Crippen molar-refractivity contribution in [3.05, 3.63) is 0 Å². The fraction of sp³-hybridized carbons (Fsp3) is 1.00. The van der Waals surface area contributed by atoms with E-state index in [0.29, 0.717) is 24.2 Å². The summed E-state index contributed by atoms with van der Waals surface area (Å²) in [6.07, 6.45) is 10.4. The first-order chi connectivity index (χ1) is 12.4. The lowest BCUT2D eigenvalue weighted by Crippen LogP contribution is -2.54. The molecule has 2 aliphatic carbocycles. The van der Waals surface area contributed by atoms with Gasteiger partial charge in [0.15, 0.2) is 0 Å². The highest BCUT2D eigenvalue weighted by atomic mass is 16.3. The average Bonchev–Trinajstić information content (AvgIpc) is 2.66. The van der Waals surface area contributed by atoms with E-state index >= 15 is 0 Å². The Kier molecular flexibility index (Phi) is 8.43. The van der Waals surface area contributed by atoms with Gasteiger partial charge in [0.1, 0.15) is 0 Å². The molecule has 0 spiro atoms. The molecule has 0 aromatic rings. The molecule has 1 heterocycles. The van der Waals surface area contributed by atoms with Gasteiger partial charge in [0, 0.05) is 62.9 Å². The van der Waals surface area contributed by atoms with Gasteiger partial charge in [-0.2, -0.15) is 0 Å². The minimum absolute atomic E-state index is 0.148. The molecule has 0 aromatic heterocycles. The molecule has 6 heteroatoms. The Morgan fingerprint density at radius 2 is 0.960 bits per heavy atom. The van der Waals surface area contributed by atoms with Crippen molar-refractivity contribution in [2.45, 2.75) is 81.6 Å². The van der Waals surface area contributed by atoms with Gasteiger partial charge in [-0.25, -0.2) is 0 Å². The second-order valence-corrected chi connectivity index (χ2v) is 8.10. The predicted molar refractivity (Wildman–Crippen MR) is 103 cm³/mol. The summed E-state index contributed by atoms with van der Waals surface area (Å²) in [5.41, 5.74) is 0. The van der Waals surface area contributed by atoms with Crippen LogP contribution in [0.2, 0.25) is 0 Å². The molecule has 3 rings (SSSR count). The van der Waals surface area contributed by atoms with E-state index in [0.717, 1.165) is 32.7 Å². The van der Waals surface area contributed by atoms with Gasteiger partial charge in [-0.3, -0.25) is 0 Å². The summed E-state index contributed by atoms with van der Waals surface area (Å²) in [4.78, 5) is 0. The fourth-order valence-corrected chi connectivity index (χ4v) is 4.78. The summed E-state index contributed by atoms with van der Waals surface area (Å²) in [5, 5.41) is 28.2. The molecule has 1 aliphatic heterocycles. The molecule has 0 aromatic carbocycles. The minimum Gasteiger partial charge on any atom is -0.395 e. The smallest absolute Gasteiger partial charge is 0.0597 e. The number of aliphatic hydroxyl groups is 1. The van der Waals surface area contributed by atoms with Crippen LogP contribution >= 0.6 is 0 Å². The van der Waals surface area contributed by atoms with E-state index in [-0.39, 0.29) is 12.6 Å². The van der Waals surface area contributed by atoms with Gasteiger partial charge in [-0.05, 0) is 25.7 Å². The molecule has 0 amide bonds. The Morgan fingerprint density at radius 3 is 1.40 bits per heavy atom. The standard InChI is InChI=1S/C19H39N5O/c25-14-15-13-24-19-8-4-3-7-18(19)23-12-11-22-17-6-2-1-5-16(17)21-10-9-20-15/h15-25H,1-14H2/t15-,16+,17+,18+,19+/m0/s1. The molecule has 3 fully saturated rings. The SMILES string of the molecule is OC[C@@H]1CN[C@@H]2CCCC[C@H]2NCCN[C@@H]2CCCC[C@H]2NCCN1. The summed E-state index contributed by atoms with van der Waals surface area (Å²) < 4.78 is 0. The van der Waals surface area contributed by atoms with Crippen molar-refractivity contribution < 1.29 is 5.11 Å². The fourth-order valence-electron chi connectivity index (χ4n) is 4.78. The highest BCUT2D eigenvalue weighted by molar-refractivity contribution is 4.90. The van der Waals surface area contributed by atoms with Crippen LogP contribution in [0.15, 0.2) is 0 Å². The van der Waals surface area contributed by atoms with Crippen molar-refractivity contribution in [3.8, 4) is 0 Å². The molecule has 6 nitrogen and oxygen atoms in total. The molecule has 25 heavy (non-hydrogen) atoms. The van der Waals surface area contributed by atoms with Gasteiger partial charge in [0.25, 0.3) is 0 Å². The third-order valence-corrected chi connectivity index (χ3v) is 6.28. The summed E-state index contributed by atoms with van der Waals surface area (Å²) in [5.74, 6) is 0. The number of fused-ring (bicyclic) bond motifs is 2. The Bertz CT molecular complexity index is 370. The summed E-state index contributed by atoms with van der Waals surface area (Å²) >= 11 is 0. The lowest BCUT2D eigenvalue weighted by Gasteiger charge is -2.35. The maximum absolute atomic E-state index is 9.68. The molecule has 3 aliphatic rings. The van der Waals surface area contributed by atoms with E-state index in [9.17, 15) is 5.11 Å². The van der Waals surface area contributed by atoms with Crippen LogP contribution in [0.25, 0.3) is 0 Å². The third kappa shape index (κ3) is 6.15. The number of rotatable bonds is 1. The predicted octanol–water partition coefficient (Wildman–Crippen LogP) is -0.0687. The number of hydrogen-bond donors (Lipinski definition) is 6. The van der Waals surface area contributed by atoms with Crippen LogP contribution in [0.1, 0.15) is 51.4 Å². The zero-order valence-corrected chi connectivity index (χ0v) is 15.7. The van der Waals surface area contributed by atoms with Crippen LogP contribution in [0.3, 0.4) is 0 Å². The lowest BCUT2D eigenvalue weighted by atomic mass is 9.89. The Balaban J connectivity index is 1.57. The number of hydrogen-bond acceptors (Lipinski definition) is 6. The first-order valence-corrected chi connectivity index (χ1v) is 10.6. The van der Waals surface area contributed by atoms with Crippen LogP contribution in [-0.4, -0.2) is 74.6 Å². The van der Waals surface area contributed by atoms with E-state index in [2.05, 4.69) is 26.6 Å². The molecular weight excluding hydrogens is 314 g/mol. The Labute approximate surface area is 153 Å².